The maximum atomic E-state index is 14.7. The van der Waals surface area contributed by atoms with Crippen LogP contribution in [0, 0.1) is 11.6 Å². The molecular weight excluding hydrogens is 422 g/mol. The second kappa shape index (κ2) is 8.69. The Morgan fingerprint density at radius 1 is 1.25 bits per heavy atom. The first-order chi connectivity index (χ1) is 15.3. The van der Waals surface area contributed by atoms with Crippen LogP contribution >= 0.6 is 0 Å². The second-order valence-electron chi connectivity index (χ2n) is 7.53. The number of aromatic nitrogens is 1. The number of amidine groups is 1. The molecule has 11 heteroatoms. The molecule has 1 aromatic heterocycles. The highest BCUT2D eigenvalue weighted by molar-refractivity contribution is 6.01. The summed E-state index contributed by atoms with van der Waals surface area (Å²) in [4.78, 5) is 33.2. The zero-order valence-corrected chi connectivity index (χ0v) is 16.9. The summed E-state index contributed by atoms with van der Waals surface area (Å²) in [5.41, 5.74) is 6.19. The van der Waals surface area contributed by atoms with Gasteiger partial charge in [-0.15, -0.1) is 0 Å². The Hall–Kier alpha value is -3.89. The van der Waals surface area contributed by atoms with E-state index in [-0.39, 0.29) is 36.4 Å². The fourth-order valence-electron chi connectivity index (χ4n) is 3.68. The lowest BCUT2D eigenvalue weighted by atomic mass is 9.89. The third-order valence-corrected chi connectivity index (χ3v) is 5.32. The minimum Gasteiger partial charge on any atom is -0.370 e. The molecule has 1 aromatic carbocycles. The van der Waals surface area contributed by atoms with Gasteiger partial charge in [-0.05, 0) is 30.7 Å². The van der Waals surface area contributed by atoms with Crippen molar-refractivity contribution in [2.75, 3.05) is 18.0 Å². The van der Waals surface area contributed by atoms with Crippen LogP contribution in [0.5, 0.6) is 0 Å². The smallest absolute Gasteiger partial charge is 0.370 e. The summed E-state index contributed by atoms with van der Waals surface area (Å²) >= 11 is 0. The van der Waals surface area contributed by atoms with Crippen LogP contribution in [0.2, 0.25) is 0 Å². The van der Waals surface area contributed by atoms with Gasteiger partial charge in [-0.2, -0.15) is 0 Å². The topological polar surface area (TPSA) is 136 Å². The van der Waals surface area contributed by atoms with Gasteiger partial charge in [-0.1, -0.05) is 6.07 Å². The van der Waals surface area contributed by atoms with Crippen LogP contribution in [0.4, 0.5) is 14.5 Å². The molecule has 1 unspecified atom stereocenters. The first kappa shape index (κ1) is 21.3. The number of piperidine rings is 1. The van der Waals surface area contributed by atoms with Crippen molar-refractivity contribution in [3.63, 3.8) is 0 Å². The zero-order chi connectivity index (χ0) is 22.8. The molecule has 2 aliphatic heterocycles. The number of hydrogen-bond acceptors (Lipinski definition) is 6. The molecule has 5 N–H and O–H groups in total. The number of nitrogens with zero attached hydrogens (tertiary/aromatic N) is 3. The van der Waals surface area contributed by atoms with Gasteiger partial charge in [0, 0.05) is 37.0 Å². The number of carbonyl (C=O) groups is 2. The van der Waals surface area contributed by atoms with Gasteiger partial charge in [-0.3, -0.25) is 14.9 Å². The number of imide groups is 1. The Morgan fingerprint density at radius 3 is 2.59 bits per heavy atom. The van der Waals surface area contributed by atoms with E-state index >= 15 is 0 Å². The third kappa shape index (κ3) is 4.41. The van der Waals surface area contributed by atoms with Crippen LogP contribution in [-0.4, -0.2) is 47.8 Å². The minimum atomic E-state index is -1.03. The van der Waals surface area contributed by atoms with Crippen molar-refractivity contribution in [3.8, 4) is 0 Å². The Morgan fingerprint density at radius 2 is 1.97 bits per heavy atom. The standard InChI is InChI=1S/C21H20F2N6O3/c22-14-7-12(8-15(23)18(14)13-4-5-17(30)28-20(13)31)29-9-11(10-29)27-21(25)32-19(24)16-3-1-2-6-26-16/h1-3,6-8,11,13,24H,4-5,9-10H2,(H2,25,27)(H,28,30,31)/p+1. The molecule has 0 aliphatic carbocycles. The highest BCUT2D eigenvalue weighted by atomic mass is 19.1. The Kier molecular flexibility index (Phi) is 5.80. The number of carbonyl (C=O) groups excluding carboxylic acids is 2. The lowest BCUT2D eigenvalue weighted by Crippen LogP contribution is -2.51. The van der Waals surface area contributed by atoms with Gasteiger partial charge in [0.1, 0.15) is 11.6 Å². The zero-order valence-electron chi connectivity index (χ0n) is 16.9. The molecule has 9 nitrogen and oxygen atoms in total. The number of rotatable bonds is 4. The van der Waals surface area contributed by atoms with E-state index < -0.39 is 29.4 Å². The molecule has 0 spiro atoms. The first-order valence-electron chi connectivity index (χ1n) is 9.94. The summed E-state index contributed by atoms with van der Waals surface area (Å²) in [5.74, 6) is -3.82. The summed E-state index contributed by atoms with van der Waals surface area (Å²) in [6.45, 7) is 0.731. The molecule has 2 saturated heterocycles. The van der Waals surface area contributed by atoms with Crippen LogP contribution in [0.15, 0.2) is 41.5 Å². The van der Waals surface area contributed by atoms with E-state index in [0.29, 0.717) is 24.5 Å². The molecular formula is C21H21F2N6O3+. The molecule has 4 rings (SSSR count). The molecule has 32 heavy (non-hydrogen) atoms. The van der Waals surface area contributed by atoms with E-state index in [9.17, 15) is 18.4 Å². The van der Waals surface area contributed by atoms with Crippen molar-refractivity contribution in [2.24, 2.45) is 10.7 Å². The number of hydrogen-bond donors (Lipinski definition) is 3. The van der Waals surface area contributed by atoms with Crippen molar-refractivity contribution in [1.82, 2.24) is 10.3 Å². The number of ether oxygens (including phenoxy) is 1. The van der Waals surface area contributed by atoms with Crippen LogP contribution in [-0.2, 0) is 14.3 Å². The summed E-state index contributed by atoms with van der Waals surface area (Å²) in [6.07, 6.45) is 1.66. The monoisotopic (exact) mass is 443 g/mol. The lowest BCUT2D eigenvalue weighted by Gasteiger charge is -2.39. The van der Waals surface area contributed by atoms with Gasteiger partial charge < -0.3 is 15.4 Å². The molecule has 2 amide bonds. The predicted octanol–water partition coefficient (Wildman–Crippen LogP) is -0.394. The molecule has 166 valence electrons. The third-order valence-electron chi connectivity index (χ3n) is 5.32. The van der Waals surface area contributed by atoms with E-state index in [0.717, 1.165) is 0 Å². The van der Waals surface area contributed by atoms with E-state index in [1.54, 1.807) is 29.3 Å². The fourth-order valence-corrected chi connectivity index (χ4v) is 3.68. The number of benzene rings is 1. The van der Waals surface area contributed by atoms with Gasteiger partial charge in [0.25, 0.3) is 6.02 Å². The summed E-state index contributed by atoms with van der Waals surface area (Å²) < 4.78 is 34.6. The number of halogens is 2. The first-order valence-corrected chi connectivity index (χ1v) is 9.94. The van der Waals surface area contributed by atoms with Crippen LogP contribution in [0.3, 0.4) is 0 Å². The highest BCUT2D eigenvalue weighted by Crippen LogP contribution is 2.33. The van der Waals surface area contributed by atoms with Gasteiger partial charge in [0.05, 0.1) is 12.0 Å². The summed E-state index contributed by atoms with van der Waals surface area (Å²) in [6, 6.07) is 7.12. The summed E-state index contributed by atoms with van der Waals surface area (Å²) in [5, 5.41) is 7.92. The SMILES string of the molecule is NC(=NC1CN(c2cc(F)c(C3CCC(=O)NC3=O)c(F)c2)C1)OC(=[NH2+])c1ccccn1. The van der Waals surface area contributed by atoms with Crippen LogP contribution in [0.25, 0.3) is 0 Å². The molecule has 3 heterocycles. The van der Waals surface area contributed by atoms with Crippen molar-refractivity contribution < 1.29 is 28.5 Å². The molecule has 1 atom stereocenters. The van der Waals surface area contributed by atoms with Crippen molar-refractivity contribution in [1.29, 1.82) is 0 Å². The number of pyridine rings is 1. The number of aliphatic imine (C=N–C) groups is 1. The van der Waals surface area contributed by atoms with E-state index in [4.69, 9.17) is 15.9 Å². The molecule has 2 fully saturated rings. The van der Waals surface area contributed by atoms with E-state index in [1.165, 1.54) is 12.1 Å². The predicted molar refractivity (Wildman–Crippen MR) is 110 cm³/mol. The fraction of sp³-hybridized carbons (Fsp3) is 0.286. The molecule has 0 saturated carbocycles. The Bertz CT molecular complexity index is 1080. The maximum absolute atomic E-state index is 14.7. The molecule has 0 bridgehead atoms. The van der Waals surface area contributed by atoms with Crippen LogP contribution in [0.1, 0.15) is 30.0 Å². The average molecular weight is 443 g/mol. The maximum Gasteiger partial charge on any atom is 0.393 e. The molecule has 2 aliphatic rings. The lowest BCUT2D eigenvalue weighted by molar-refractivity contribution is -0.134. The second-order valence-corrected chi connectivity index (χ2v) is 7.53. The van der Waals surface area contributed by atoms with Crippen LogP contribution < -0.4 is 21.4 Å². The number of nitrogens with one attached hydrogen (secondary N) is 1. The quantitative estimate of drug-likeness (QED) is 0.335. The van der Waals surface area contributed by atoms with E-state index in [1.807, 2.05) is 0 Å². The Balaban J connectivity index is 1.38. The van der Waals surface area contributed by atoms with Gasteiger partial charge in [-0.25, -0.2) is 24.2 Å². The highest BCUT2D eigenvalue weighted by Gasteiger charge is 2.34. The van der Waals surface area contributed by atoms with Gasteiger partial charge in [0.15, 0.2) is 5.69 Å². The summed E-state index contributed by atoms with van der Waals surface area (Å²) in [7, 11) is 0. The number of anilines is 1. The Labute approximate surface area is 181 Å². The number of nitrogens with two attached hydrogens (primary N) is 2. The van der Waals surface area contributed by atoms with Gasteiger partial charge >= 0.3 is 5.90 Å². The van der Waals surface area contributed by atoms with E-state index in [2.05, 4.69) is 15.3 Å². The minimum absolute atomic E-state index is 0.0104. The molecule has 2 aromatic rings. The van der Waals surface area contributed by atoms with Gasteiger partial charge in [0.2, 0.25) is 11.8 Å². The van der Waals surface area contributed by atoms with Crippen molar-refractivity contribution in [3.05, 3.63) is 59.4 Å². The average Bonchev–Trinajstić information content (AvgIpc) is 2.72. The number of amides is 2. The molecule has 0 radical (unpaired) electrons. The van der Waals surface area contributed by atoms with Crippen molar-refractivity contribution in [2.45, 2.75) is 24.8 Å². The van der Waals surface area contributed by atoms with Crippen molar-refractivity contribution >= 4 is 29.4 Å². The normalized spacial score (nSPS) is 19.4. The largest absolute Gasteiger partial charge is 0.393 e.